The molecule has 0 heterocycles. The second-order valence-corrected chi connectivity index (χ2v) is 2.14. The number of aliphatic hydroxyl groups is 1. The lowest BCUT2D eigenvalue weighted by molar-refractivity contribution is -0.131. The summed E-state index contributed by atoms with van der Waals surface area (Å²) in [5.74, 6) is -1.06. The van der Waals surface area contributed by atoms with E-state index in [-0.39, 0.29) is 13.0 Å². The van der Waals surface area contributed by atoms with Gasteiger partial charge in [-0.25, -0.2) is 4.79 Å². The number of carbonyl (C=O) groups is 2. The quantitative estimate of drug-likeness (QED) is 0.359. The lowest BCUT2D eigenvalue weighted by Gasteiger charge is -2.04. The topological polar surface area (TPSA) is 86.6 Å². The van der Waals surface area contributed by atoms with Crippen molar-refractivity contribution in [1.82, 2.24) is 5.32 Å². The first kappa shape index (κ1) is 10.6. The van der Waals surface area contributed by atoms with Gasteiger partial charge in [-0.15, -0.1) is 0 Å². The summed E-state index contributed by atoms with van der Waals surface area (Å²) in [7, 11) is 0. The first-order valence-electron chi connectivity index (χ1n) is 3.41. The molecule has 0 rings (SSSR count). The third kappa shape index (κ3) is 6.76. The van der Waals surface area contributed by atoms with E-state index in [0.717, 1.165) is 6.08 Å². The minimum Gasteiger partial charge on any atom is -0.478 e. The Morgan fingerprint density at radius 3 is 2.75 bits per heavy atom. The fraction of sp³-hybridized carbons (Fsp3) is 0.429. The predicted molar refractivity (Wildman–Crippen MR) is 41.5 cm³/mol. The summed E-state index contributed by atoms with van der Waals surface area (Å²) in [4.78, 5) is 19.8. The molecule has 0 unspecified atom stereocenters. The van der Waals surface area contributed by atoms with Crippen LogP contribution >= 0.6 is 0 Å². The van der Waals surface area contributed by atoms with Gasteiger partial charge in [-0.05, 0) is 0 Å². The number of aliphatic hydroxyl groups excluding tert-OH is 1. The van der Waals surface area contributed by atoms with Crippen LogP contribution in [0.2, 0.25) is 0 Å². The summed E-state index contributed by atoms with van der Waals surface area (Å²) in [5.41, 5.74) is 0. The molecule has 0 aromatic heterocycles. The fourth-order valence-corrected chi connectivity index (χ4v) is 0.529. The highest BCUT2D eigenvalue weighted by atomic mass is 16.4. The molecule has 0 aliphatic heterocycles. The van der Waals surface area contributed by atoms with Gasteiger partial charge in [-0.1, -0.05) is 0 Å². The average molecular weight is 173 g/mol. The summed E-state index contributed by atoms with van der Waals surface area (Å²) in [6.45, 7) is 0.169. The highest BCUT2D eigenvalue weighted by molar-refractivity contribution is 5.79. The highest BCUT2D eigenvalue weighted by Gasteiger charge is 1.99. The number of hydrogen-bond acceptors (Lipinski definition) is 4. The Hall–Kier alpha value is -1.36. The number of rotatable bonds is 6. The van der Waals surface area contributed by atoms with E-state index < -0.39 is 12.1 Å². The molecule has 0 aromatic rings. The smallest absolute Gasteiger partial charge is 0.329 e. The van der Waals surface area contributed by atoms with Gasteiger partial charge in [0.1, 0.15) is 6.29 Å². The molecule has 12 heavy (non-hydrogen) atoms. The molecule has 0 spiro atoms. The van der Waals surface area contributed by atoms with Gasteiger partial charge in [0.15, 0.2) is 0 Å². The van der Waals surface area contributed by atoms with E-state index in [1.54, 1.807) is 0 Å². The second-order valence-electron chi connectivity index (χ2n) is 2.14. The Labute approximate surface area is 69.7 Å². The van der Waals surface area contributed by atoms with Gasteiger partial charge in [-0.3, -0.25) is 0 Å². The lowest BCUT2D eigenvalue weighted by Crippen LogP contribution is -2.23. The molecule has 0 amide bonds. The molecule has 0 aliphatic rings. The van der Waals surface area contributed by atoms with Crippen LogP contribution < -0.4 is 5.32 Å². The molecule has 5 heteroatoms. The molecule has 0 saturated heterocycles. The van der Waals surface area contributed by atoms with Crippen LogP contribution in [0.25, 0.3) is 0 Å². The third-order valence-corrected chi connectivity index (χ3v) is 1.07. The zero-order valence-electron chi connectivity index (χ0n) is 6.43. The standard InChI is InChI=1S/C7H11NO4/c9-4-2-6(10)5-8-3-1-7(11)12/h1,3-4,6,8,10H,2,5H2,(H,11,12)/b3-1-/t6-/m1/s1. The Bertz CT molecular complexity index is 178. The molecular formula is C7H11NO4. The van der Waals surface area contributed by atoms with Gasteiger partial charge < -0.3 is 20.3 Å². The molecule has 3 N–H and O–H groups in total. The lowest BCUT2D eigenvalue weighted by atomic mass is 10.3. The first-order chi connectivity index (χ1) is 5.66. The summed E-state index contributed by atoms with van der Waals surface area (Å²) in [6, 6.07) is 0. The van der Waals surface area contributed by atoms with Crippen LogP contribution in [0.3, 0.4) is 0 Å². The van der Waals surface area contributed by atoms with Crippen LogP contribution in [-0.4, -0.2) is 35.1 Å². The van der Waals surface area contributed by atoms with Crippen molar-refractivity contribution in [1.29, 1.82) is 0 Å². The molecule has 68 valence electrons. The SMILES string of the molecule is O=CC[C@@H](O)CN/C=C\C(=O)O. The van der Waals surface area contributed by atoms with Gasteiger partial charge in [0.05, 0.1) is 6.10 Å². The molecule has 1 atom stereocenters. The van der Waals surface area contributed by atoms with Crippen molar-refractivity contribution in [2.24, 2.45) is 0 Å². The van der Waals surface area contributed by atoms with E-state index in [4.69, 9.17) is 10.2 Å². The number of aldehydes is 1. The minimum atomic E-state index is -1.06. The van der Waals surface area contributed by atoms with Crippen molar-refractivity contribution in [2.45, 2.75) is 12.5 Å². The van der Waals surface area contributed by atoms with E-state index in [1.165, 1.54) is 6.20 Å². The van der Waals surface area contributed by atoms with Crippen molar-refractivity contribution >= 4 is 12.3 Å². The summed E-state index contributed by atoms with van der Waals surface area (Å²) < 4.78 is 0. The Morgan fingerprint density at radius 2 is 2.25 bits per heavy atom. The van der Waals surface area contributed by atoms with E-state index in [9.17, 15) is 9.59 Å². The Kier molecular flexibility index (Phi) is 5.64. The third-order valence-electron chi connectivity index (χ3n) is 1.07. The summed E-state index contributed by atoms with van der Waals surface area (Å²) in [6.07, 6.45) is 2.01. The number of nitrogens with one attached hydrogen (secondary N) is 1. The largest absolute Gasteiger partial charge is 0.478 e. The van der Waals surface area contributed by atoms with Crippen LogP contribution in [0.15, 0.2) is 12.3 Å². The van der Waals surface area contributed by atoms with Gasteiger partial charge >= 0.3 is 5.97 Å². The van der Waals surface area contributed by atoms with E-state index >= 15 is 0 Å². The molecule has 0 saturated carbocycles. The van der Waals surface area contributed by atoms with Gasteiger partial charge in [0.25, 0.3) is 0 Å². The normalized spacial score (nSPS) is 12.8. The van der Waals surface area contributed by atoms with Crippen LogP contribution in [0.1, 0.15) is 6.42 Å². The maximum atomic E-state index is 9.92. The minimum absolute atomic E-state index is 0.0495. The van der Waals surface area contributed by atoms with Crippen molar-refractivity contribution in [3.8, 4) is 0 Å². The molecule has 5 nitrogen and oxygen atoms in total. The van der Waals surface area contributed by atoms with Crippen molar-refractivity contribution in [3.05, 3.63) is 12.3 Å². The number of carboxylic acid groups (broad SMARTS) is 1. The maximum absolute atomic E-state index is 9.92. The van der Waals surface area contributed by atoms with Crippen LogP contribution in [0.5, 0.6) is 0 Å². The zero-order chi connectivity index (χ0) is 9.40. The highest BCUT2D eigenvalue weighted by Crippen LogP contribution is 1.84. The van der Waals surface area contributed by atoms with E-state index in [0.29, 0.717) is 6.29 Å². The molecule has 0 aromatic carbocycles. The predicted octanol–water partition coefficient (Wildman–Crippen LogP) is -0.876. The van der Waals surface area contributed by atoms with Crippen LogP contribution in [-0.2, 0) is 9.59 Å². The monoisotopic (exact) mass is 173 g/mol. The molecule has 0 fully saturated rings. The Morgan fingerprint density at radius 1 is 1.58 bits per heavy atom. The van der Waals surface area contributed by atoms with Gasteiger partial charge in [0.2, 0.25) is 0 Å². The molecule has 0 radical (unpaired) electrons. The maximum Gasteiger partial charge on any atom is 0.329 e. The summed E-state index contributed by atoms with van der Waals surface area (Å²) >= 11 is 0. The fourth-order valence-electron chi connectivity index (χ4n) is 0.529. The first-order valence-corrected chi connectivity index (χ1v) is 3.41. The van der Waals surface area contributed by atoms with Gasteiger partial charge in [-0.2, -0.15) is 0 Å². The van der Waals surface area contributed by atoms with E-state index in [1.807, 2.05) is 0 Å². The zero-order valence-corrected chi connectivity index (χ0v) is 6.43. The van der Waals surface area contributed by atoms with Crippen molar-refractivity contribution < 1.29 is 19.8 Å². The Balaban J connectivity index is 3.42. The van der Waals surface area contributed by atoms with Crippen LogP contribution in [0.4, 0.5) is 0 Å². The molecule has 0 aliphatic carbocycles. The number of carbonyl (C=O) groups excluding carboxylic acids is 1. The number of hydrogen-bond donors (Lipinski definition) is 3. The van der Waals surface area contributed by atoms with Crippen LogP contribution in [0, 0.1) is 0 Å². The molecule has 0 bridgehead atoms. The average Bonchev–Trinajstić information content (AvgIpc) is 1.98. The molecular weight excluding hydrogens is 162 g/mol. The number of carboxylic acids is 1. The second kappa shape index (κ2) is 6.36. The van der Waals surface area contributed by atoms with Gasteiger partial charge in [0, 0.05) is 25.2 Å². The summed E-state index contributed by atoms with van der Waals surface area (Å²) in [5, 5.41) is 19.6. The number of aliphatic carboxylic acids is 1. The van der Waals surface area contributed by atoms with Crippen molar-refractivity contribution in [3.63, 3.8) is 0 Å². The van der Waals surface area contributed by atoms with Crippen molar-refractivity contribution in [2.75, 3.05) is 6.54 Å². The van der Waals surface area contributed by atoms with E-state index in [2.05, 4.69) is 5.32 Å².